The number of nitriles is 1. The Hall–Kier alpha value is -2.35. The fourth-order valence-electron chi connectivity index (χ4n) is 1.72. The van der Waals surface area contributed by atoms with Gasteiger partial charge in [-0.05, 0) is 32.4 Å². The summed E-state index contributed by atoms with van der Waals surface area (Å²) < 4.78 is 6.51. The third kappa shape index (κ3) is 2.91. The molecule has 0 N–H and O–H groups in total. The maximum absolute atomic E-state index is 12.0. The summed E-state index contributed by atoms with van der Waals surface area (Å²) in [4.78, 5) is 12.0. The van der Waals surface area contributed by atoms with Crippen molar-refractivity contribution in [3.63, 3.8) is 0 Å². The minimum atomic E-state index is -0.570. The largest absolute Gasteiger partial charge is 0.442 e. The van der Waals surface area contributed by atoms with Crippen LogP contribution in [0.25, 0.3) is 10.9 Å². The molecule has 0 unspecified atom stereocenters. The predicted molar refractivity (Wildman–Crippen MR) is 70.7 cm³/mol. The van der Waals surface area contributed by atoms with Crippen LogP contribution in [0.15, 0.2) is 24.4 Å². The summed E-state index contributed by atoms with van der Waals surface area (Å²) >= 11 is 0. The number of carbonyl (C=O) groups excluding carboxylic acids is 1. The Labute approximate surface area is 111 Å². The second-order valence-electron chi connectivity index (χ2n) is 5.26. The van der Waals surface area contributed by atoms with E-state index in [2.05, 4.69) is 11.2 Å². The lowest BCUT2D eigenvalue weighted by Crippen LogP contribution is -2.27. The molecule has 0 aliphatic carbocycles. The van der Waals surface area contributed by atoms with Crippen molar-refractivity contribution in [2.75, 3.05) is 0 Å². The Bertz CT molecular complexity index is 659. The number of benzene rings is 1. The first-order valence-corrected chi connectivity index (χ1v) is 5.98. The summed E-state index contributed by atoms with van der Waals surface area (Å²) in [7, 11) is 0. The second-order valence-corrected chi connectivity index (χ2v) is 5.26. The molecule has 0 fully saturated rings. The molecule has 0 aliphatic heterocycles. The summed E-state index contributed by atoms with van der Waals surface area (Å²) in [6.45, 7) is 5.41. The van der Waals surface area contributed by atoms with E-state index in [4.69, 9.17) is 10.00 Å². The SMILES string of the molecule is CC(C)(C)OC(=O)n1ncc2ccc(CC#N)cc21. The number of aromatic nitrogens is 2. The maximum Gasteiger partial charge on any atom is 0.435 e. The molecule has 0 amide bonds. The van der Waals surface area contributed by atoms with Crippen molar-refractivity contribution in [2.24, 2.45) is 0 Å². The molecule has 0 aliphatic rings. The number of carbonyl (C=O) groups is 1. The van der Waals surface area contributed by atoms with Gasteiger partial charge in [0.25, 0.3) is 0 Å². The fourth-order valence-corrected chi connectivity index (χ4v) is 1.72. The Balaban J connectivity index is 2.41. The smallest absolute Gasteiger partial charge is 0.435 e. The van der Waals surface area contributed by atoms with Gasteiger partial charge in [-0.2, -0.15) is 15.0 Å². The van der Waals surface area contributed by atoms with Gasteiger partial charge in [0, 0.05) is 5.39 Å². The summed E-state index contributed by atoms with van der Waals surface area (Å²) in [5, 5.41) is 13.6. The van der Waals surface area contributed by atoms with Gasteiger partial charge in [0.1, 0.15) is 5.60 Å². The molecule has 5 nitrogen and oxygen atoms in total. The van der Waals surface area contributed by atoms with Gasteiger partial charge in [-0.15, -0.1) is 0 Å². The molecule has 19 heavy (non-hydrogen) atoms. The van der Waals surface area contributed by atoms with Crippen molar-refractivity contribution in [1.82, 2.24) is 9.78 Å². The minimum Gasteiger partial charge on any atom is -0.442 e. The van der Waals surface area contributed by atoms with Crippen molar-refractivity contribution in [3.05, 3.63) is 30.0 Å². The van der Waals surface area contributed by atoms with Crippen LogP contribution in [0.2, 0.25) is 0 Å². The maximum atomic E-state index is 12.0. The average Bonchev–Trinajstić information content (AvgIpc) is 2.70. The van der Waals surface area contributed by atoms with E-state index in [1.807, 2.05) is 12.1 Å². The molecular formula is C14H15N3O2. The molecule has 5 heteroatoms. The highest BCUT2D eigenvalue weighted by atomic mass is 16.6. The van der Waals surface area contributed by atoms with Crippen molar-refractivity contribution < 1.29 is 9.53 Å². The highest BCUT2D eigenvalue weighted by Crippen LogP contribution is 2.18. The van der Waals surface area contributed by atoms with E-state index in [0.717, 1.165) is 10.9 Å². The zero-order valence-electron chi connectivity index (χ0n) is 11.2. The third-order valence-electron chi connectivity index (χ3n) is 2.48. The van der Waals surface area contributed by atoms with Crippen molar-refractivity contribution in [2.45, 2.75) is 32.8 Å². The molecule has 1 aromatic heterocycles. The first-order valence-electron chi connectivity index (χ1n) is 5.98. The number of rotatable bonds is 1. The second kappa shape index (κ2) is 4.73. The van der Waals surface area contributed by atoms with Gasteiger partial charge in [0.15, 0.2) is 0 Å². The summed E-state index contributed by atoms with van der Waals surface area (Å²) in [6.07, 6.45) is 1.39. The van der Waals surface area contributed by atoms with Crippen LogP contribution >= 0.6 is 0 Å². The van der Waals surface area contributed by atoms with Crippen LogP contribution < -0.4 is 0 Å². The molecule has 0 saturated heterocycles. The normalized spacial score (nSPS) is 11.3. The molecule has 1 heterocycles. The molecule has 0 saturated carbocycles. The summed E-state index contributed by atoms with van der Waals surface area (Å²) in [5.74, 6) is 0. The highest BCUT2D eigenvalue weighted by Gasteiger charge is 2.20. The number of hydrogen-bond donors (Lipinski definition) is 0. The lowest BCUT2D eigenvalue weighted by molar-refractivity contribution is 0.0523. The zero-order valence-corrected chi connectivity index (χ0v) is 11.2. The number of ether oxygens (including phenoxy) is 1. The Kier molecular flexibility index (Phi) is 3.26. The van der Waals surface area contributed by atoms with Crippen molar-refractivity contribution in [1.29, 1.82) is 5.26 Å². The van der Waals surface area contributed by atoms with Crippen LogP contribution in [0, 0.1) is 11.3 Å². The van der Waals surface area contributed by atoms with E-state index < -0.39 is 11.7 Å². The van der Waals surface area contributed by atoms with Gasteiger partial charge < -0.3 is 4.74 Å². The molecule has 98 valence electrons. The van der Waals surface area contributed by atoms with Crippen LogP contribution in [0.4, 0.5) is 4.79 Å². The van der Waals surface area contributed by atoms with E-state index in [9.17, 15) is 4.79 Å². The van der Waals surface area contributed by atoms with E-state index >= 15 is 0 Å². The van der Waals surface area contributed by atoms with E-state index in [-0.39, 0.29) is 0 Å². The summed E-state index contributed by atoms with van der Waals surface area (Å²) in [5.41, 5.74) is 0.932. The standard InChI is InChI=1S/C14H15N3O2/c1-14(2,3)19-13(18)17-12-8-10(6-7-15)4-5-11(12)9-16-17/h4-5,8-9H,6H2,1-3H3. The quantitative estimate of drug-likeness (QED) is 0.787. The van der Waals surface area contributed by atoms with Gasteiger partial charge in [-0.25, -0.2) is 4.79 Å². The highest BCUT2D eigenvalue weighted by molar-refractivity contribution is 5.88. The predicted octanol–water partition coefficient (Wildman–Crippen LogP) is 2.89. The summed E-state index contributed by atoms with van der Waals surface area (Å²) in [6, 6.07) is 7.57. The molecule has 0 atom stereocenters. The topological polar surface area (TPSA) is 67.9 Å². The number of hydrogen-bond acceptors (Lipinski definition) is 4. The Morgan fingerprint density at radius 3 is 2.84 bits per heavy atom. The van der Waals surface area contributed by atoms with Crippen LogP contribution in [0.5, 0.6) is 0 Å². The lowest BCUT2D eigenvalue weighted by Gasteiger charge is -2.19. The van der Waals surface area contributed by atoms with Crippen LogP contribution in [0.1, 0.15) is 26.3 Å². The van der Waals surface area contributed by atoms with Crippen molar-refractivity contribution >= 4 is 17.0 Å². The third-order valence-corrected chi connectivity index (χ3v) is 2.48. The van der Waals surface area contributed by atoms with Crippen LogP contribution in [-0.2, 0) is 11.2 Å². The van der Waals surface area contributed by atoms with Gasteiger partial charge in [-0.3, -0.25) is 0 Å². The fraction of sp³-hybridized carbons (Fsp3) is 0.357. The molecule has 1 aromatic carbocycles. The molecule has 0 bridgehead atoms. The van der Waals surface area contributed by atoms with E-state index in [0.29, 0.717) is 11.9 Å². The van der Waals surface area contributed by atoms with Gasteiger partial charge in [-0.1, -0.05) is 12.1 Å². The molecule has 2 rings (SSSR count). The number of nitrogens with zero attached hydrogens (tertiary/aromatic N) is 3. The lowest BCUT2D eigenvalue weighted by atomic mass is 10.1. The Morgan fingerprint density at radius 2 is 2.21 bits per heavy atom. The minimum absolute atomic E-state index is 0.301. The molecular weight excluding hydrogens is 242 g/mol. The molecule has 0 radical (unpaired) electrons. The van der Waals surface area contributed by atoms with E-state index in [1.165, 1.54) is 4.68 Å². The first-order chi connectivity index (χ1) is 8.90. The number of fused-ring (bicyclic) bond motifs is 1. The van der Waals surface area contributed by atoms with Crippen LogP contribution in [-0.4, -0.2) is 21.5 Å². The van der Waals surface area contributed by atoms with Crippen molar-refractivity contribution in [3.8, 4) is 6.07 Å². The molecule has 0 spiro atoms. The Morgan fingerprint density at radius 1 is 1.47 bits per heavy atom. The van der Waals surface area contributed by atoms with E-state index in [1.54, 1.807) is 33.0 Å². The average molecular weight is 257 g/mol. The van der Waals surface area contributed by atoms with Gasteiger partial charge >= 0.3 is 6.09 Å². The van der Waals surface area contributed by atoms with Gasteiger partial charge in [0.05, 0.1) is 24.2 Å². The van der Waals surface area contributed by atoms with Crippen LogP contribution in [0.3, 0.4) is 0 Å². The van der Waals surface area contributed by atoms with Gasteiger partial charge in [0.2, 0.25) is 0 Å². The molecule has 2 aromatic rings. The first kappa shape index (κ1) is 13.1. The monoisotopic (exact) mass is 257 g/mol. The zero-order chi connectivity index (χ0) is 14.0.